The number of nitrogens with two attached hydrogens (primary N) is 2. The van der Waals surface area contributed by atoms with Crippen LogP contribution in [0.1, 0.15) is 189 Å². The van der Waals surface area contributed by atoms with Gasteiger partial charge in [-0.3, -0.25) is 82.1 Å². The number of aliphatic hydroxyl groups excluding tert-OH is 2. The molecule has 6 aliphatic rings. The molecular weight excluding hydrogens is 1820 g/mol. The Kier molecular flexibility index (Phi) is 35.6. The molecule has 0 saturated carbocycles. The molecule has 12 rings (SSSR count). The van der Waals surface area contributed by atoms with Crippen molar-refractivity contribution < 1.29 is 126 Å². The number of fused-ring (bicyclic) bond motifs is 4. The van der Waals surface area contributed by atoms with Gasteiger partial charge in [0.1, 0.15) is 89.1 Å². The number of ketones is 3. The van der Waals surface area contributed by atoms with Gasteiger partial charge in [-0.2, -0.15) is 0 Å². The second-order valence-corrected chi connectivity index (χ2v) is 36.1. The van der Waals surface area contributed by atoms with Crippen molar-refractivity contribution >= 4 is 111 Å². The van der Waals surface area contributed by atoms with E-state index in [1.165, 1.54) is 67.0 Å². The molecule has 15 atom stereocenters. The van der Waals surface area contributed by atoms with E-state index in [9.17, 15) is 97.8 Å². The van der Waals surface area contributed by atoms with Gasteiger partial charge in [-0.1, -0.05) is 62.4 Å². The highest BCUT2D eigenvalue weighted by atomic mass is 16.7. The zero-order valence-electron chi connectivity index (χ0n) is 77.8. The number of aromatic nitrogens is 3. The highest BCUT2D eigenvalue weighted by Crippen LogP contribution is 2.53. The van der Waals surface area contributed by atoms with Crippen molar-refractivity contribution in [1.29, 1.82) is 5.41 Å². The number of hydrogen-bond donors (Lipinski definition) is 22. The monoisotopic (exact) mass is 1940 g/mol. The molecule has 24 N–H and O–H groups in total. The number of aromatic hydroxyl groups is 3. The molecule has 45 nitrogen and oxygen atoms in total. The molecule has 0 bridgehead atoms. The smallest absolute Gasteiger partial charge is 0.306 e. The first kappa shape index (κ1) is 104. The molecule has 45 heteroatoms. The average molecular weight is 1950 g/mol. The van der Waals surface area contributed by atoms with Gasteiger partial charge in [-0.15, -0.1) is 0 Å². The Bertz CT molecular complexity index is 5650. The van der Waals surface area contributed by atoms with Crippen LogP contribution in [0.25, 0.3) is 10.9 Å². The molecule has 3 saturated heterocycles. The number of carbonyl (C=O) groups is 16. The van der Waals surface area contributed by atoms with Crippen LogP contribution >= 0.6 is 0 Å². The zero-order valence-corrected chi connectivity index (χ0v) is 77.8. The lowest BCUT2D eigenvalue weighted by atomic mass is 9.72. The van der Waals surface area contributed by atoms with Crippen molar-refractivity contribution in [2.75, 3.05) is 53.0 Å². The van der Waals surface area contributed by atoms with Gasteiger partial charge < -0.3 is 139 Å². The van der Waals surface area contributed by atoms with Crippen molar-refractivity contribution in [3.8, 4) is 23.0 Å². The van der Waals surface area contributed by atoms with Crippen LogP contribution in [0.2, 0.25) is 0 Å². The number of nitrogens with one attached hydrogen (secondary N) is 14. The Balaban J connectivity index is 0.738. The number of amides is 12. The number of hydrogen-bond acceptors (Lipinski definition) is 29. The van der Waals surface area contributed by atoms with Crippen LogP contribution in [0.15, 0.2) is 97.7 Å². The average Bonchev–Trinajstić information content (AvgIpc) is 0.771. The van der Waals surface area contributed by atoms with Crippen LogP contribution in [0.3, 0.4) is 0 Å². The topological polar surface area (TPSA) is 691 Å². The number of ether oxygens (including phenoxy) is 4. The number of Topliss-reactive ketones (excluding diaryl/α,β-unsaturated/α-hetero) is 1. The van der Waals surface area contributed by atoms with Gasteiger partial charge in [0.05, 0.1) is 67.2 Å². The van der Waals surface area contributed by atoms with Crippen molar-refractivity contribution in [2.24, 2.45) is 17.4 Å². The lowest BCUT2D eigenvalue weighted by molar-refractivity contribution is -0.256. The maximum atomic E-state index is 15.3. The summed E-state index contributed by atoms with van der Waals surface area (Å²) in [5.41, 5.74) is 7.94. The number of guanidine groups is 1. The predicted molar refractivity (Wildman–Crippen MR) is 496 cm³/mol. The van der Waals surface area contributed by atoms with E-state index in [1.54, 1.807) is 51.2 Å². The van der Waals surface area contributed by atoms with E-state index in [4.69, 9.17) is 35.8 Å². The van der Waals surface area contributed by atoms with E-state index in [1.807, 2.05) is 17.2 Å². The summed E-state index contributed by atoms with van der Waals surface area (Å²) in [7, 11) is 1.28. The summed E-state index contributed by atoms with van der Waals surface area (Å²) >= 11 is 0. The Morgan fingerprint density at radius 1 is 0.693 bits per heavy atom. The minimum Gasteiger partial charge on any atom is -0.508 e. The molecule has 2 aromatic heterocycles. The molecule has 4 aliphatic heterocycles. The van der Waals surface area contributed by atoms with Crippen LogP contribution < -0.4 is 74.7 Å². The number of phenolic OH excluding ortho intramolecular Hbond substituents is 3. The fraction of sp³-hybridized carbons (Fsp3) is 0.495. The third kappa shape index (κ3) is 26.3. The number of nitrogens with zero attached hydrogens (tertiary/aromatic N) is 3. The van der Waals surface area contributed by atoms with Crippen molar-refractivity contribution in [3.63, 3.8) is 0 Å². The summed E-state index contributed by atoms with van der Waals surface area (Å²) < 4.78 is 23.5. The maximum absolute atomic E-state index is 15.3. The minimum absolute atomic E-state index is 0.000417. The number of phenols is 3. The molecule has 4 aromatic carbocycles. The number of unbranched alkanes of at least 4 members (excludes halogenated alkanes) is 1. The quantitative estimate of drug-likeness (QED) is 0.00677. The standard InChI is InChI=1S/C95H121N19O26/c1-48(2)35-61(87(129)107-60(19-13-31-101-94(97)98)93(135)114-34-14-20-66(114)92(134)103-44-71(96)118)108-85(127)58(106-88(130)62(36-50-24-26-53(116)27-25-50)109-91(133)65(45-115)112-89(131)63(37-51-42-102-57-17-6-5-15-54(51)57)110-90(132)64(38-52-43-99-47-104-52)111-86(128)59-28-29-73(120)105-59)18-7-8-30-100-72(119)22-12-23-74(121)138-46-70(117)95(136)40-56-77(69(41-95)140-75-39-67(80(122)49(3)139-75)113-32-9-10-33-113)84(126)79-78(82(56)124)81(123)55-16-11-21-68(137-4)76(55)83(79)125/h5-6,9,11,15-17,21,24-27,32,42-43,47-49,58-67,69,75,80,102,115-116,122,124,126,136H,7-8,10,12-14,18-20,22-23,28-31,33-41,44-46H2,1-4H3,(H2,96,118)(H,99,104)(H,100,119)(H,103,134)(H,105,120)(H,106,130)(H,107,129)(H,108,127)(H,109,133)(H,110,132)(H,111,128)(H,112,131)(H4,97,98,101)/t49-,58-,59-,60-,61-,62-,63-,64-,65-,66-,67-,69-,75-,80+,95-/m0/s1. The molecule has 0 radical (unpaired) electrons. The highest BCUT2D eigenvalue weighted by Gasteiger charge is 2.52. The number of rotatable bonds is 47. The third-order valence-corrected chi connectivity index (χ3v) is 25.6. The minimum atomic E-state index is -2.57. The van der Waals surface area contributed by atoms with Gasteiger partial charge >= 0.3 is 5.97 Å². The fourth-order valence-corrected chi connectivity index (χ4v) is 18.3. The molecule has 12 amide bonds. The number of imidazole rings is 1. The van der Waals surface area contributed by atoms with Gasteiger partial charge in [0.25, 0.3) is 0 Å². The summed E-state index contributed by atoms with van der Waals surface area (Å²) in [6.07, 6.45) is 1.46. The molecular formula is C95H121N19O26. The number of esters is 1. The SMILES string of the molecule is COc1cccc2c1C(=O)c1c(O)c3c(c(O)c1C2=O)C[C@@](O)(C(=O)COC(=O)CCCC(=O)NCCCC[C@H](NC(=O)[C@H](Cc1ccc(O)cc1)NC(=O)[C@H](CO)NC(=O)[C@H](Cc1c[nH]c2ccccc12)NC(=O)[C@H](Cc1c[nH]cn1)NC(=O)[C@@H]1CCC(=O)N1)C(=O)N[C@@H](CC(C)C)C(=O)N[C@@H](CCCNC(=N)N)C(=O)N1CCC[C@H]1C(=O)NCC(N)=O)C[C@@H]3O[C@H]1C[C@H](N2C=CCC2)[C@H](O)[C@H](C)O1. The number of likely N-dealkylation sites (tertiary alicyclic amines) is 1. The molecule has 2 aliphatic carbocycles. The zero-order chi connectivity index (χ0) is 101. The number of aliphatic hydroxyl groups is 3. The second-order valence-electron chi connectivity index (χ2n) is 36.1. The molecule has 0 spiro atoms. The number of H-pyrrole nitrogens is 2. The largest absolute Gasteiger partial charge is 0.508 e. The van der Waals surface area contributed by atoms with Crippen LogP contribution in [0.4, 0.5) is 0 Å². The number of methoxy groups -OCH3 is 1. The number of carbonyl (C=O) groups excluding carboxylic acids is 16. The normalized spacial score (nSPS) is 20.6. The Morgan fingerprint density at radius 2 is 1.36 bits per heavy atom. The number of primary amides is 1. The lowest BCUT2D eigenvalue weighted by Gasteiger charge is -2.44. The molecule has 3 fully saturated rings. The Hall–Kier alpha value is -14.4. The Labute approximate surface area is 803 Å². The summed E-state index contributed by atoms with van der Waals surface area (Å²) in [4.78, 5) is 239. The van der Waals surface area contributed by atoms with E-state index < -0.39 is 247 Å². The Morgan fingerprint density at radius 3 is 2.04 bits per heavy atom. The van der Waals surface area contributed by atoms with Gasteiger partial charge in [0, 0.05) is 124 Å². The maximum Gasteiger partial charge on any atom is 0.306 e. The molecule has 6 heterocycles. The van der Waals surface area contributed by atoms with Crippen molar-refractivity contribution in [2.45, 2.75) is 240 Å². The fourth-order valence-electron chi connectivity index (χ4n) is 18.3. The molecule has 752 valence electrons. The van der Waals surface area contributed by atoms with E-state index in [0.29, 0.717) is 47.1 Å². The highest BCUT2D eigenvalue weighted by molar-refractivity contribution is 6.31. The number of para-hydroxylation sites is 1. The van der Waals surface area contributed by atoms with Gasteiger partial charge in [-0.25, -0.2) is 4.98 Å². The van der Waals surface area contributed by atoms with E-state index >= 15 is 9.59 Å². The first-order valence-electron chi connectivity index (χ1n) is 46.7. The first-order chi connectivity index (χ1) is 66.9. The molecule has 0 unspecified atom stereocenters. The predicted octanol–water partition coefficient (Wildman–Crippen LogP) is -1.53. The summed E-state index contributed by atoms with van der Waals surface area (Å²) in [6, 6.07) is 2.90. The van der Waals surface area contributed by atoms with Crippen molar-refractivity contribution in [1.82, 2.24) is 83.2 Å². The van der Waals surface area contributed by atoms with Crippen molar-refractivity contribution in [3.05, 3.63) is 148 Å². The lowest BCUT2D eigenvalue weighted by Crippen LogP contribution is -2.61. The van der Waals surface area contributed by atoms with Crippen LogP contribution in [-0.2, 0) is 107 Å². The summed E-state index contributed by atoms with van der Waals surface area (Å²) in [5, 5.41) is 107. The number of benzene rings is 4. The van der Waals surface area contributed by atoms with Gasteiger partial charge in [0.2, 0.25) is 82.5 Å². The number of aromatic amines is 2. The van der Waals surface area contributed by atoms with Gasteiger partial charge in [0.15, 0.2) is 24.6 Å². The first-order valence-corrected chi connectivity index (χ1v) is 46.7. The summed E-state index contributed by atoms with van der Waals surface area (Å²) in [6.45, 7) is 2.95. The van der Waals surface area contributed by atoms with E-state index in [-0.39, 0.29) is 161 Å². The van der Waals surface area contributed by atoms with E-state index in [0.717, 1.165) is 0 Å². The van der Waals surface area contributed by atoms with Crippen LogP contribution in [0, 0.1) is 11.3 Å². The molecule has 6 aromatic rings. The van der Waals surface area contributed by atoms with Crippen LogP contribution in [0.5, 0.6) is 23.0 Å². The third-order valence-electron chi connectivity index (χ3n) is 25.6. The van der Waals surface area contributed by atoms with E-state index in [2.05, 4.69) is 73.4 Å². The van der Waals surface area contributed by atoms with Crippen LogP contribution in [-0.4, -0.2) is 293 Å². The van der Waals surface area contributed by atoms with Gasteiger partial charge in [-0.05, 0) is 125 Å². The summed E-state index contributed by atoms with van der Waals surface area (Å²) in [5.74, 6) is -16.4. The molecule has 140 heavy (non-hydrogen) atoms. The second kappa shape index (κ2) is 47.8.